The number of methoxy groups -OCH3 is 1. The van der Waals surface area contributed by atoms with Crippen LogP contribution in [0.5, 0.6) is 11.5 Å². The predicted octanol–water partition coefficient (Wildman–Crippen LogP) is 3.85. The van der Waals surface area contributed by atoms with Crippen LogP contribution in [0.3, 0.4) is 0 Å². The fourth-order valence-corrected chi connectivity index (χ4v) is 3.23. The summed E-state index contributed by atoms with van der Waals surface area (Å²) < 4.78 is 5.44. The number of aldehydes is 1. The highest BCUT2D eigenvalue weighted by molar-refractivity contribution is 5.82. The molecule has 1 aromatic rings. The van der Waals surface area contributed by atoms with Gasteiger partial charge >= 0.3 is 0 Å². The van der Waals surface area contributed by atoms with Crippen molar-refractivity contribution in [3.63, 3.8) is 0 Å². The Bertz CT molecular complexity index is 491. The highest BCUT2D eigenvalue weighted by Crippen LogP contribution is 2.50. The zero-order valence-corrected chi connectivity index (χ0v) is 12.1. The zero-order chi connectivity index (χ0) is 14.2. The largest absolute Gasteiger partial charge is 0.507 e. The molecule has 0 amide bonds. The molecular formula is C16H22O3. The third-order valence-corrected chi connectivity index (χ3v) is 4.30. The number of hydrogen-bond acceptors (Lipinski definition) is 3. The van der Waals surface area contributed by atoms with Gasteiger partial charge in [-0.2, -0.15) is 0 Å². The first-order chi connectivity index (χ1) is 9.01. The van der Waals surface area contributed by atoms with Crippen molar-refractivity contribution >= 4 is 6.29 Å². The van der Waals surface area contributed by atoms with Gasteiger partial charge in [-0.3, -0.25) is 4.79 Å². The lowest BCUT2D eigenvalue weighted by Gasteiger charge is -2.34. The van der Waals surface area contributed by atoms with Crippen LogP contribution in [-0.4, -0.2) is 18.5 Å². The molecule has 2 rings (SSSR count). The molecule has 0 saturated heterocycles. The van der Waals surface area contributed by atoms with Gasteiger partial charge in [0.25, 0.3) is 0 Å². The maximum atomic E-state index is 11.1. The molecule has 1 aliphatic carbocycles. The molecule has 0 spiro atoms. The molecule has 19 heavy (non-hydrogen) atoms. The molecule has 1 N–H and O–H groups in total. The van der Waals surface area contributed by atoms with Crippen molar-refractivity contribution in [2.24, 2.45) is 5.92 Å². The maximum absolute atomic E-state index is 11.1. The molecule has 1 aliphatic rings. The van der Waals surface area contributed by atoms with Gasteiger partial charge in [-0.25, -0.2) is 0 Å². The van der Waals surface area contributed by atoms with Gasteiger partial charge < -0.3 is 9.84 Å². The van der Waals surface area contributed by atoms with Gasteiger partial charge in [0.2, 0.25) is 0 Å². The summed E-state index contributed by atoms with van der Waals surface area (Å²) in [6.07, 6.45) is 2.84. The summed E-state index contributed by atoms with van der Waals surface area (Å²) in [5.41, 5.74) is 2.33. The molecule has 0 radical (unpaired) electrons. The minimum absolute atomic E-state index is 0.149. The average Bonchev–Trinajstić information content (AvgIpc) is 2.39. The standard InChI is InChI=1S/C16H22O3/c1-9(2)12-6-5-10(3)14-13(19-4)7-11(8-17)16(18)15(12)14/h7-10,12,18H,5-6H2,1-4H3. The van der Waals surface area contributed by atoms with Crippen molar-refractivity contribution in [1.82, 2.24) is 0 Å². The molecule has 0 bridgehead atoms. The van der Waals surface area contributed by atoms with Gasteiger partial charge in [0.05, 0.1) is 12.7 Å². The second-order valence-electron chi connectivity index (χ2n) is 5.79. The van der Waals surface area contributed by atoms with E-state index in [0.717, 1.165) is 29.7 Å². The normalized spacial score (nSPS) is 22.2. The number of fused-ring (bicyclic) bond motifs is 1. The lowest BCUT2D eigenvalue weighted by atomic mass is 9.72. The van der Waals surface area contributed by atoms with E-state index in [9.17, 15) is 9.90 Å². The molecule has 1 aromatic carbocycles. The second-order valence-corrected chi connectivity index (χ2v) is 5.79. The molecule has 0 heterocycles. The molecule has 0 fully saturated rings. The van der Waals surface area contributed by atoms with Crippen molar-refractivity contribution in [2.75, 3.05) is 7.11 Å². The quantitative estimate of drug-likeness (QED) is 0.842. The molecule has 2 atom stereocenters. The fraction of sp³-hybridized carbons (Fsp3) is 0.562. The van der Waals surface area contributed by atoms with E-state index in [2.05, 4.69) is 20.8 Å². The Morgan fingerprint density at radius 3 is 2.58 bits per heavy atom. The predicted molar refractivity (Wildman–Crippen MR) is 75.3 cm³/mol. The first-order valence-electron chi connectivity index (χ1n) is 6.90. The van der Waals surface area contributed by atoms with Crippen molar-refractivity contribution < 1.29 is 14.6 Å². The molecule has 2 unspecified atom stereocenters. The van der Waals surface area contributed by atoms with Crippen LogP contribution in [0.4, 0.5) is 0 Å². The highest BCUT2D eigenvalue weighted by atomic mass is 16.5. The van der Waals surface area contributed by atoms with E-state index in [1.54, 1.807) is 13.2 Å². The van der Waals surface area contributed by atoms with Gasteiger partial charge in [0, 0.05) is 11.1 Å². The number of ether oxygens (including phenoxy) is 1. The number of phenols is 1. The van der Waals surface area contributed by atoms with Crippen molar-refractivity contribution in [1.29, 1.82) is 0 Å². The van der Waals surface area contributed by atoms with Crippen LogP contribution in [0.2, 0.25) is 0 Å². The van der Waals surface area contributed by atoms with Crippen LogP contribution < -0.4 is 4.74 Å². The minimum Gasteiger partial charge on any atom is -0.507 e. The van der Waals surface area contributed by atoms with Crippen LogP contribution in [0.15, 0.2) is 6.07 Å². The van der Waals surface area contributed by atoms with E-state index in [0.29, 0.717) is 29.6 Å². The third kappa shape index (κ3) is 2.22. The van der Waals surface area contributed by atoms with Crippen molar-refractivity contribution in [2.45, 2.75) is 45.4 Å². The van der Waals surface area contributed by atoms with Crippen LogP contribution >= 0.6 is 0 Å². The number of carbonyl (C=O) groups excluding carboxylic acids is 1. The fourth-order valence-electron chi connectivity index (χ4n) is 3.23. The number of benzene rings is 1. The van der Waals surface area contributed by atoms with Crippen LogP contribution in [0, 0.1) is 5.92 Å². The van der Waals surface area contributed by atoms with Crippen molar-refractivity contribution in [3.8, 4) is 11.5 Å². The number of aromatic hydroxyl groups is 1. The van der Waals surface area contributed by atoms with Crippen LogP contribution in [0.25, 0.3) is 0 Å². The van der Waals surface area contributed by atoms with E-state index in [-0.39, 0.29) is 5.75 Å². The minimum atomic E-state index is 0.149. The summed E-state index contributed by atoms with van der Waals surface area (Å²) in [4.78, 5) is 11.1. The smallest absolute Gasteiger partial charge is 0.153 e. The number of phenolic OH excluding ortho intramolecular Hbond substituents is 1. The van der Waals surface area contributed by atoms with Crippen molar-refractivity contribution in [3.05, 3.63) is 22.8 Å². The van der Waals surface area contributed by atoms with E-state index in [1.165, 1.54) is 0 Å². The maximum Gasteiger partial charge on any atom is 0.153 e. The molecule has 3 nitrogen and oxygen atoms in total. The summed E-state index contributed by atoms with van der Waals surface area (Å²) in [6.45, 7) is 6.46. The second kappa shape index (κ2) is 5.24. The van der Waals surface area contributed by atoms with Crippen LogP contribution in [0.1, 0.15) is 66.9 Å². The monoisotopic (exact) mass is 262 g/mol. The van der Waals surface area contributed by atoms with Gasteiger partial charge in [0.1, 0.15) is 11.5 Å². The SMILES string of the molecule is COc1cc(C=O)c(O)c2c1C(C)CCC2C(C)C. The first-order valence-corrected chi connectivity index (χ1v) is 6.90. The number of rotatable bonds is 3. The van der Waals surface area contributed by atoms with E-state index >= 15 is 0 Å². The molecule has 3 heteroatoms. The first kappa shape index (κ1) is 13.9. The summed E-state index contributed by atoms with van der Waals surface area (Å²) in [7, 11) is 1.62. The van der Waals surface area contributed by atoms with E-state index in [4.69, 9.17) is 4.74 Å². The lowest BCUT2D eigenvalue weighted by molar-refractivity contribution is 0.112. The average molecular weight is 262 g/mol. The summed E-state index contributed by atoms with van der Waals surface area (Å²) >= 11 is 0. The van der Waals surface area contributed by atoms with Gasteiger partial charge in [0.15, 0.2) is 6.29 Å². The Labute approximate surface area is 114 Å². The molecule has 0 aromatic heterocycles. The molecular weight excluding hydrogens is 240 g/mol. The Kier molecular flexibility index (Phi) is 3.83. The summed E-state index contributed by atoms with van der Waals surface area (Å²) in [5, 5.41) is 10.4. The zero-order valence-electron chi connectivity index (χ0n) is 12.1. The summed E-state index contributed by atoms with van der Waals surface area (Å²) in [5.74, 6) is 1.96. The Hall–Kier alpha value is -1.51. The van der Waals surface area contributed by atoms with Crippen LogP contribution in [-0.2, 0) is 0 Å². The Morgan fingerprint density at radius 1 is 1.37 bits per heavy atom. The van der Waals surface area contributed by atoms with Gasteiger partial charge in [-0.15, -0.1) is 0 Å². The lowest BCUT2D eigenvalue weighted by Crippen LogP contribution is -2.19. The topological polar surface area (TPSA) is 46.5 Å². The van der Waals surface area contributed by atoms with E-state index < -0.39 is 0 Å². The molecule has 0 aliphatic heterocycles. The number of hydrogen-bond donors (Lipinski definition) is 1. The Balaban J connectivity index is 2.73. The molecule has 0 saturated carbocycles. The van der Waals surface area contributed by atoms with E-state index in [1.807, 2.05) is 0 Å². The number of carbonyl (C=O) groups is 1. The summed E-state index contributed by atoms with van der Waals surface area (Å²) in [6, 6.07) is 1.65. The third-order valence-electron chi connectivity index (χ3n) is 4.30. The van der Waals surface area contributed by atoms with Gasteiger partial charge in [-0.1, -0.05) is 20.8 Å². The molecule has 104 valence electrons. The Morgan fingerprint density at radius 2 is 2.05 bits per heavy atom. The highest BCUT2D eigenvalue weighted by Gasteiger charge is 2.33. The van der Waals surface area contributed by atoms with Gasteiger partial charge in [-0.05, 0) is 36.7 Å².